The van der Waals surface area contributed by atoms with Gasteiger partial charge in [-0.1, -0.05) is 0 Å². The van der Waals surface area contributed by atoms with E-state index in [0.717, 1.165) is 0 Å². The molecule has 0 aliphatic heterocycles. The molecule has 0 bridgehead atoms. The zero-order chi connectivity index (χ0) is 8.31. The Balaban J connectivity index is -0.000000135. The Bertz CT molecular complexity index is 149. The minimum absolute atomic E-state index is 0. The molecule has 0 rings (SSSR count). The van der Waals surface area contributed by atoms with Gasteiger partial charge in [-0.05, 0) is 0 Å². The van der Waals surface area contributed by atoms with Crippen molar-refractivity contribution in [3.63, 3.8) is 0 Å². The predicted octanol–water partition coefficient (Wildman–Crippen LogP) is -5.01. The smallest absolute Gasteiger partial charge is 1.00 e. The van der Waals surface area contributed by atoms with Gasteiger partial charge in [-0.3, -0.25) is 0 Å². The second-order valence-electron chi connectivity index (χ2n) is 1.57. The van der Waals surface area contributed by atoms with Gasteiger partial charge in [0.15, 0.2) is 12.2 Å². The molecule has 0 aliphatic rings. The largest absolute Gasteiger partial charge is 1.00 e. The molecule has 6 nitrogen and oxygen atoms in total. The Morgan fingerprint density at radius 3 is 1.25 bits per heavy atom. The number of aliphatic hydroxyl groups excluding tert-OH is 2. The van der Waals surface area contributed by atoms with E-state index in [9.17, 15) is 9.59 Å². The normalized spacial score (nSPS) is 13.2. The topological polar surface area (TPSA) is 115 Å². The van der Waals surface area contributed by atoms with Gasteiger partial charge in [0, 0.05) is 39.9 Å². The zero-order valence-electron chi connectivity index (χ0n) is 7.26. The molecule has 0 heterocycles. The molecule has 0 fully saturated rings. The molecule has 64 valence electrons. The molecule has 0 saturated heterocycles. The van der Waals surface area contributed by atoms with Crippen molar-refractivity contribution >= 4 is 11.9 Å². The van der Waals surface area contributed by atoms with Crippen LogP contribution in [0.2, 0.25) is 0 Å². The van der Waals surface area contributed by atoms with Gasteiger partial charge in [-0.2, -0.15) is 0 Å². The van der Waals surface area contributed by atoms with Crippen molar-refractivity contribution in [2.75, 3.05) is 0 Å². The van der Waals surface area contributed by atoms with Gasteiger partial charge in [0.1, 0.15) is 0 Å². The maximum Gasteiger partial charge on any atom is 1.00 e. The Hall–Kier alpha value is 1.82. The average molecular weight is 422 g/mol. The molecular weight excluding hydrogens is 415 g/mol. The van der Waals surface area contributed by atoms with Crippen LogP contribution in [0.1, 0.15) is 1.43 Å². The third kappa shape index (κ3) is 7.25. The minimum Gasteiger partial charge on any atom is -1.00 e. The number of carboxylic acids is 2. The Labute approximate surface area is 144 Å². The van der Waals surface area contributed by atoms with E-state index in [-0.39, 0.29) is 92.8 Å². The van der Waals surface area contributed by atoms with Crippen LogP contribution in [-0.2, 0) is 9.59 Å². The van der Waals surface area contributed by atoms with Crippen molar-refractivity contribution in [1.29, 1.82) is 0 Å². The summed E-state index contributed by atoms with van der Waals surface area (Å²) in [7, 11) is 0. The van der Waals surface area contributed by atoms with Crippen molar-refractivity contribution in [1.82, 2.24) is 0 Å². The first kappa shape index (κ1) is 19.4. The molecule has 2 atom stereocenters. The molecule has 0 aromatic heterocycles. The van der Waals surface area contributed by atoms with Crippen LogP contribution in [0.5, 0.6) is 0 Å². The molecule has 8 heteroatoms. The van der Waals surface area contributed by atoms with Crippen LogP contribution in [0.25, 0.3) is 0 Å². The second-order valence-corrected chi connectivity index (χ2v) is 1.57. The van der Waals surface area contributed by atoms with Crippen LogP contribution in [0.15, 0.2) is 0 Å². The van der Waals surface area contributed by atoms with Crippen molar-refractivity contribution in [3.05, 3.63) is 0 Å². The second kappa shape index (κ2) is 9.38. The summed E-state index contributed by atoms with van der Waals surface area (Å²) in [5.41, 5.74) is 0. The Morgan fingerprint density at radius 2 is 1.17 bits per heavy atom. The van der Waals surface area contributed by atoms with Crippen molar-refractivity contribution < 1.29 is 123 Å². The molecule has 4 N–H and O–H groups in total. The first-order valence-electron chi connectivity index (χ1n) is 2.28. The molecule has 0 spiro atoms. The van der Waals surface area contributed by atoms with E-state index in [1.807, 2.05) is 0 Å². The van der Waals surface area contributed by atoms with E-state index in [4.69, 9.17) is 20.4 Å². The van der Waals surface area contributed by atoms with Gasteiger partial charge in [0.05, 0.1) is 0 Å². The first-order chi connectivity index (χ1) is 4.46. The summed E-state index contributed by atoms with van der Waals surface area (Å²) in [6.45, 7) is 0. The SMILES string of the molecule is O=C(O)C(O)C(O)C(=O)O.[H-].[K+].[Th]. The average Bonchev–Trinajstić information content (AvgIpc) is 1.84. The molecule has 2 unspecified atom stereocenters. The van der Waals surface area contributed by atoms with Crippen LogP contribution < -0.4 is 51.4 Å². The third-order valence-corrected chi connectivity index (χ3v) is 0.805. The van der Waals surface area contributed by atoms with E-state index in [1.165, 1.54) is 0 Å². The number of carboxylic acid groups (broad SMARTS) is 2. The number of hydrogen-bond acceptors (Lipinski definition) is 4. The Kier molecular flexibility index (Phi) is 15.2. The summed E-state index contributed by atoms with van der Waals surface area (Å²) in [6.07, 6.45) is -4.53. The van der Waals surface area contributed by atoms with E-state index < -0.39 is 24.1 Å². The van der Waals surface area contributed by atoms with Gasteiger partial charge >= 0.3 is 63.3 Å². The maximum atomic E-state index is 9.77. The quantitative estimate of drug-likeness (QED) is 0.339. The zero-order valence-corrected chi connectivity index (χ0v) is 13.5. The van der Waals surface area contributed by atoms with E-state index in [1.54, 1.807) is 0 Å². The van der Waals surface area contributed by atoms with Crippen LogP contribution in [0.3, 0.4) is 0 Å². The molecule has 0 radical (unpaired) electrons. The molecule has 0 aromatic carbocycles. The van der Waals surface area contributed by atoms with Gasteiger partial charge in [-0.25, -0.2) is 9.59 Å². The van der Waals surface area contributed by atoms with E-state index in [2.05, 4.69) is 0 Å². The third-order valence-electron chi connectivity index (χ3n) is 0.805. The van der Waals surface area contributed by atoms with Gasteiger partial charge in [-0.15, -0.1) is 0 Å². The molecule has 0 aromatic rings. The van der Waals surface area contributed by atoms with Crippen molar-refractivity contribution in [3.8, 4) is 0 Å². The molecule has 0 amide bonds. The fourth-order valence-corrected chi connectivity index (χ4v) is 0.270. The molecule has 0 saturated carbocycles. The van der Waals surface area contributed by atoms with Crippen LogP contribution in [0.4, 0.5) is 0 Å². The summed E-state index contributed by atoms with van der Waals surface area (Å²) >= 11 is 0. The van der Waals surface area contributed by atoms with Gasteiger partial charge in [0.25, 0.3) is 0 Å². The van der Waals surface area contributed by atoms with Gasteiger partial charge in [0.2, 0.25) is 0 Å². The van der Waals surface area contributed by atoms with E-state index in [0.29, 0.717) is 0 Å². The molecule has 12 heavy (non-hydrogen) atoms. The summed E-state index contributed by atoms with van der Waals surface area (Å²) < 4.78 is 0. The first-order valence-corrected chi connectivity index (χ1v) is 2.28. The summed E-state index contributed by atoms with van der Waals surface area (Å²) in [4.78, 5) is 19.5. The number of carbonyl (C=O) groups is 2. The van der Waals surface area contributed by atoms with Crippen LogP contribution >= 0.6 is 0 Å². The van der Waals surface area contributed by atoms with Gasteiger partial charge < -0.3 is 21.9 Å². The van der Waals surface area contributed by atoms with Crippen molar-refractivity contribution in [2.45, 2.75) is 12.2 Å². The minimum atomic E-state index is -2.27. The summed E-state index contributed by atoms with van der Waals surface area (Å²) in [5.74, 6) is -3.54. The van der Waals surface area contributed by atoms with Crippen LogP contribution in [0, 0.1) is 39.9 Å². The van der Waals surface area contributed by atoms with Crippen LogP contribution in [-0.4, -0.2) is 44.6 Å². The number of rotatable bonds is 3. The number of hydrogen-bond donors (Lipinski definition) is 4. The summed E-state index contributed by atoms with van der Waals surface area (Å²) in [6, 6.07) is 0. The fraction of sp³-hybridized carbons (Fsp3) is 0.500. The Morgan fingerprint density at radius 1 is 1.00 bits per heavy atom. The maximum absolute atomic E-state index is 9.77. The van der Waals surface area contributed by atoms with Crippen molar-refractivity contribution in [2.24, 2.45) is 0 Å². The number of aliphatic carboxylic acids is 2. The predicted molar refractivity (Wildman–Crippen MR) is 28.4 cm³/mol. The standard InChI is InChI=1S/C4H6O6.K.Th.H/c5-1(3(7)8)2(6)4(9)10;;;/h1-2,5-6H,(H,7,8)(H,9,10);;;/q;+1;;-1. The van der Waals surface area contributed by atoms with E-state index >= 15 is 0 Å². The fourth-order valence-electron chi connectivity index (χ4n) is 0.270. The number of aliphatic hydroxyl groups is 2. The molecule has 0 aliphatic carbocycles. The molecular formula is C4H7KO6Th. The monoisotopic (exact) mass is 422 g/mol. The summed E-state index contributed by atoms with van der Waals surface area (Å²) in [5, 5.41) is 32.5.